The molecule has 0 amide bonds. The summed E-state index contributed by atoms with van der Waals surface area (Å²) in [6.45, 7) is 4.77. The number of ether oxygens (including phenoxy) is 1. The van der Waals surface area contributed by atoms with Crippen molar-refractivity contribution in [1.82, 2.24) is 0 Å². The Morgan fingerprint density at radius 2 is 2.18 bits per heavy atom. The molecule has 0 saturated carbocycles. The Kier molecular flexibility index (Phi) is 4.91. The molecule has 0 atom stereocenters. The number of nitrogens with two attached hydrogens (primary N) is 1. The summed E-state index contributed by atoms with van der Waals surface area (Å²) in [5.74, 6) is 0. The van der Waals surface area contributed by atoms with E-state index in [-0.39, 0.29) is 5.60 Å². The fraction of sp³-hybridized carbons (Fsp3) is 0.417. The molecule has 0 radical (unpaired) electrons. The van der Waals surface area contributed by atoms with E-state index < -0.39 is 0 Å². The zero-order valence-corrected chi connectivity index (χ0v) is 12.6. The average Bonchev–Trinajstić information content (AvgIpc) is 2.27. The number of rotatable bonds is 5. The van der Waals surface area contributed by atoms with Gasteiger partial charge in [0.1, 0.15) is 4.99 Å². The largest absolute Gasteiger partial charge is 0.389 e. The van der Waals surface area contributed by atoms with Crippen molar-refractivity contribution in [3.63, 3.8) is 0 Å². The fourth-order valence-corrected chi connectivity index (χ4v) is 1.84. The first-order chi connectivity index (χ1) is 7.85. The van der Waals surface area contributed by atoms with Crippen LogP contribution < -0.4 is 11.1 Å². The Bertz CT molecular complexity index is 421. The van der Waals surface area contributed by atoms with Crippen molar-refractivity contribution >= 4 is 38.8 Å². The van der Waals surface area contributed by atoms with Gasteiger partial charge >= 0.3 is 0 Å². The van der Waals surface area contributed by atoms with Gasteiger partial charge in [0, 0.05) is 29.4 Å². The predicted octanol–water partition coefficient (Wildman–Crippen LogP) is 2.92. The average molecular weight is 317 g/mol. The molecule has 0 spiro atoms. The van der Waals surface area contributed by atoms with Gasteiger partial charge in [-0.25, -0.2) is 0 Å². The van der Waals surface area contributed by atoms with Crippen LogP contribution >= 0.6 is 28.1 Å². The normalized spacial score (nSPS) is 11.3. The SMILES string of the molecule is COC(C)(C)CNc1ccc(C(N)=S)cc1Br. The molecule has 0 fully saturated rings. The molecule has 17 heavy (non-hydrogen) atoms. The molecule has 0 aliphatic heterocycles. The molecule has 1 rings (SSSR count). The summed E-state index contributed by atoms with van der Waals surface area (Å²) in [4.78, 5) is 0.398. The highest BCUT2D eigenvalue weighted by Crippen LogP contribution is 2.24. The van der Waals surface area contributed by atoms with Crippen LogP contribution in [0.5, 0.6) is 0 Å². The van der Waals surface area contributed by atoms with E-state index in [1.165, 1.54) is 0 Å². The van der Waals surface area contributed by atoms with E-state index in [1.54, 1.807) is 7.11 Å². The molecule has 3 nitrogen and oxygen atoms in total. The number of methoxy groups -OCH3 is 1. The van der Waals surface area contributed by atoms with Gasteiger partial charge in [-0.3, -0.25) is 0 Å². The Balaban J connectivity index is 2.77. The molecule has 0 aliphatic carbocycles. The van der Waals surface area contributed by atoms with Crippen LogP contribution in [-0.2, 0) is 4.74 Å². The Hall–Kier alpha value is -0.650. The van der Waals surface area contributed by atoms with E-state index in [0.717, 1.165) is 15.7 Å². The van der Waals surface area contributed by atoms with Crippen molar-refractivity contribution in [2.45, 2.75) is 19.4 Å². The first-order valence-electron chi connectivity index (χ1n) is 5.24. The maximum Gasteiger partial charge on any atom is 0.104 e. The zero-order valence-electron chi connectivity index (χ0n) is 10.2. The second kappa shape index (κ2) is 5.80. The lowest BCUT2D eigenvalue weighted by Crippen LogP contribution is -2.32. The van der Waals surface area contributed by atoms with Crippen molar-refractivity contribution in [2.24, 2.45) is 5.73 Å². The molecule has 0 aromatic heterocycles. The lowest BCUT2D eigenvalue weighted by Gasteiger charge is -2.24. The van der Waals surface area contributed by atoms with Gasteiger partial charge < -0.3 is 15.8 Å². The number of benzene rings is 1. The molecule has 3 N–H and O–H groups in total. The molecule has 0 aliphatic rings. The van der Waals surface area contributed by atoms with Crippen LogP contribution in [0.4, 0.5) is 5.69 Å². The third kappa shape index (κ3) is 4.26. The van der Waals surface area contributed by atoms with E-state index in [0.29, 0.717) is 11.5 Å². The van der Waals surface area contributed by atoms with Gasteiger partial charge in [-0.2, -0.15) is 0 Å². The molecule has 0 unspecified atom stereocenters. The summed E-state index contributed by atoms with van der Waals surface area (Å²) in [6.07, 6.45) is 0. The number of nitrogens with one attached hydrogen (secondary N) is 1. The fourth-order valence-electron chi connectivity index (χ4n) is 1.19. The molecule has 1 aromatic rings. The molecule has 94 valence electrons. The van der Waals surface area contributed by atoms with Gasteiger partial charge in [-0.1, -0.05) is 12.2 Å². The maximum atomic E-state index is 5.57. The van der Waals surface area contributed by atoms with Crippen molar-refractivity contribution in [2.75, 3.05) is 19.0 Å². The van der Waals surface area contributed by atoms with Crippen molar-refractivity contribution in [3.8, 4) is 0 Å². The Morgan fingerprint density at radius 3 is 2.65 bits per heavy atom. The standard InChI is InChI=1S/C12H17BrN2OS/c1-12(2,16-3)7-15-10-5-4-8(11(14)17)6-9(10)13/h4-6,15H,7H2,1-3H3,(H2,14,17). The van der Waals surface area contributed by atoms with E-state index in [2.05, 4.69) is 21.2 Å². The first-order valence-corrected chi connectivity index (χ1v) is 6.44. The number of hydrogen-bond acceptors (Lipinski definition) is 3. The van der Waals surface area contributed by atoms with Gasteiger partial charge in [-0.15, -0.1) is 0 Å². The van der Waals surface area contributed by atoms with Crippen molar-refractivity contribution in [1.29, 1.82) is 0 Å². The second-order valence-corrected chi connectivity index (χ2v) is 5.67. The highest BCUT2D eigenvalue weighted by atomic mass is 79.9. The molecular formula is C12H17BrN2OS. The Morgan fingerprint density at radius 1 is 1.53 bits per heavy atom. The van der Waals surface area contributed by atoms with E-state index in [9.17, 15) is 0 Å². The van der Waals surface area contributed by atoms with Gasteiger partial charge in [0.15, 0.2) is 0 Å². The number of hydrogen-bond donors (Lipinski definition) is 2. The highest BCUT2D eigenvalue weighted by molar-refractivity contribution is 9.10. The Labute approximate surface area is 116 Å². The summed E-state index contributed by atoms with van der Waals surface area (Å²) in [7, 11) is 1.70. The minimum Gasteiger partial charge on any atom is -0.389 e. The first kappa shape index (κ1) is 14.4. The van der Waals surface area contributed by atoms with E-state index in [1.807, 2.05) is 32.0 Å². The van der Waals surface area contributed by atoms with E-state index in [4.69, 9.17) is 22.7 Å². The summed E-state index contributed by atoms with van der Waals surface area (Å²) in [5, 5.41) is 3.31. The third-order valence-electron chi connectivity index (χ3n) is 2.51. The quantitative estimate of drug-likeness (QED) is 0.820. The molecule has 0 heterocycles. The van der Waals surface area contributed by atoms with Crippen LogP contribution in [0.25, 0.3) is 0 Å². The van der Waals surface area contributed by atoms with Crippen LogP contribution in [0.1, 0.15) is 19.4 Å². The number of thiocarbonyl (C=S) groups is 1. The van der Waals surface area contributed by atoms with Gasteiger partial charge in [0.05, 0.1) is 5.60 Å². The molecule has 1 aromatic carbocycles. The topological polar surface area (TPSA) is 47.3 Å². The predicted molar refractivity (Wildman–Crippen MR) is 79.6 cm³/mol. The highest BCUT2D eigenvalue weighted by Gasteiger charge is 2.16. The van der Waals surface area contributed by atoms with E-state index >= 15 is 0 Å². The third-order valence-corrected chi connectivity index (χ3v) is 3.40. The van der Waals surface area contributed by atoms with Crippen LogP contribution in [0.2, 0.25) is 0 Å². The van der Waals surface area contributed by atoms with Crippen molar-refractivity contribution in [3.05, 3.63) is 28.2 Å². The summed E-state index contributed by atoms with van der Waals surface area (Å²) < 4.78 is 6.28. The molecule has 0 saturated heterocycles. The molecule has 5 heteroatoms. The van der Waals surface area contributed by atoms with Gasteiger partial charge in [0.2, 0.25) is 0 Å². The monoisotopic (exact) mass is 316 g/mol. The van der Waals surface area contributed by atoms with Gasteiger partial charge in [0.25, 0.3) is 0 Å². The van der Waals surface area contributed by atoms with Crippen LogP contribution in [0.15, 0.2) is 22.7 Å². The minimum absolute atomic E-state index is 0.207. The van der Waals surface area contributed by atoms with Crippen molar-refractivity contribution < 1.29 is 4.74 Å². The lowest BCUT2D eigenvalue weighted by atomic mass is 10.1. The smallest absolute Gasteiger partial charge is 0.104 e. The molecule has 0 bridgehead atoms. The number of anilines is 1. The van der Waals surface area contributed by atoms with Crippen LogP contribution in [-0.4, -0.2) is 24.2 Å². The van der Waals surface area contributed by atoms with Crippen LogP contribution in [0.3, 0.4) is 0 Å². The maximum absolute atomic E-state index is 5.57. The second-order valence-electron chi connectivity index (χ2n) is 4.38. The number of halogens is 1. The van der Waals surface area contributed by atoms with Gasteiger partial charge in [-0.05, 0) is 48.0 Å². The summed E-state index contributed by atoms with van der Waals surface area (Å²) in [6, 6.07) is 5.75. The van der Waals surface area contributed by atoms with Crippen LogP contribution in [0, 0.1) is 0 Å². The summed E-state index contributed by atoms with van der Waals surface area (Å²) in [5.41, 5.74) is 7.21. The zero-order chi connectivity index (χ0) is 13.1. The molecular weight excluding hydrogens is 300 g/mol. The minimum atomic E-state index is -0.207. The summed E-state index contributed by atoms with van der Waals surface area (Å²) >= 11 is 8.41. The lowest BCUT2D eigenvalue weighted by molar-refractivity contribution is 0.0344.